The second kappa shape index (κ2) is 5.38. The van der Waals surface area contributed by atoms with E-state index in [-0.39, 0.29) is 24.2 Å². The molecule has 0 aromatic heterocycles. The summed E-state index contributed by atoms with van der Waals surface area (Å²) < 4.78 is 13.7. The molecule has 1 saturated heterocycles. The van der Waals surface area contributed by atoms with E-state index in [0.717, 1.165) is 11.0 Å². The van der Waals surface area contributed by atoms with E-state index in [9.17, 15) is 18.8 Å². The Balaban J connectivity index is 2.28. The highest BCUT2D eigenvalue weighted by Gasteiger charge is 2.31. The minimum absolute atomic E-state index is 0.0179. The third-order valence-electron chi connectivity index (χ3n) is 3.16. The van der Waals surface area contributed by atoms with Crippen LogP contribution >= 0.6 is 0 Å². The van der Waals surface area contributed by atoms with Gasteiger partial charge >= 0.3 is 0 Å². The maximum absolute atomic E-state index is 13.7. The zero-order valence-electron chi connectivity index (χ0n) is 10.9. The van der Waals surface area contributed by atoms with Crippen molar-refractivity contribution in [1.82, 2.24) is 10.2 Å². The lowest BCUT2D eigenvalue weighted by atomic mass is 10.1. The van der Waals surface area contributed by atoms with Crippen LogP contribution in [0, 0.1) is 5.82 Å². The van der Waals surface area contributed by atoms with Crippen molar-refractivity contribution < 1.29 is 18.8 Å². The predicted octanol–water partition coefficient (Wildman–Crippen LogP) is -0.229. The van der Waals surface area contributed by atoms with Crippen LogP contribution in [0.5, 0.6) is 0 Å². The number of halogens is 1. The summed E-state index contributed by atoms with van der Waals surface area (Å²) >= 11 is 0. The highest BCUT2D eigenvalue weighted by atomic mass is 19.1. The van der Waals surface area contributed by atoms with Crippen molar-refractivity contribution in [3.8, 4) is 0 Å². The fourth-order valence-corrected chi connectivity index (χ4v) is 1.97. The van der Waals surface area contributed by atoms with Crippen LogP contribution in [0.1, 0.15) is 22.8 Å². The fraction of sp³-hybridized carbons (Fsp3) is 0.308. The number of carbonyl (C=O) groups is 3. The van der Waals surface area contributed by atoms with Crippen molar-refractivity contribution in [2.45, 2.75) is 19.5 Å². The smallest absolute Gasteiger partial charge is 0.248 e. The van der Waals surface area contributed by atoms with Crippen LogP contribution < -0.4 is 11.1 Å². The molecule has 1 heterocycles. The van der Waals surface area contributed by atoms with Crippen molar-refractivity contribution in [2.24, 2.45) is 5.73 Å². The summed E-state index contributed by atoms with van der Waals surface area (Å²) in [6.07, 6.45) is 0. The molecule has 0 aliphatic carbocycles. The summed E-state index contributed by atoms with van der Waals surface area (Å²) in [6, 6.07) is 3.10. The Morgan fingerprint density at radius 1 is 1.50 bits per heavy atom. The summed E-state index contributed by atoms with van der Waals surface area (Å²) in [5.41, 5.74) is 5.33. The molecule has 0 saturated carbocycles. The molecule has 0 bridgehead atoms. The number of primary amides is 1. The van der Waals surface area contributed by atoms with Gasteiger partial charge in [0.25, 0.3) is 0 Å². The first-order valence-corrected chi connectivity index (χ1v) is 6.06. The van der Waals surface area contributed by atoms with Gasteiger partial charge in [0.05, 0.1) is 19.1 Å². The number of imide groups is 1. The second-order valence-electron chi connectivity index (χ2n) is 4.59. The van der Waals surface area contributed by atoms with E-state index in [2.05, 4.69) is 5.32 Å². The Labute approximate surface area is 114 Å². The molecule has 1 fully saturated rings. The number of piperazine rings is 1. The number of hydrogen-bond donors (Lipinski definition) is 2. The minimum atomic E-state index is -0.697. The SMILES string of the molecule is CC1NCC(=O)N(Cc2cc(C(N)=O)ccc2F)C1=O. The van der Waals surface area contributed by atoms with Crippen molar-refractivity contribution in [1.29, 1.82) is 0 Å². The van der Waals surface area contributed by atoms with Gasteiger partial charge in [0, 0.05) is 11.1 Å². The third kappa shape index (κ3) is 2.67. The number of hydrogen-bond acceptors (Lipinski definition) is 4. The number of nitrogens with zero attached hydrogens (tertiary/aromatic N) is 1. The lowest BCUT2D eigenvalue weighted by Crippen LogP contribution is -2.56. The van der Waals surface area contributed by atoms with E-state index in [1.54, 1.807) is 6.92 Å². The standard InChI is InChI=1S/C13H14FN3O3/c1-7-13(20)17(11(18)5-16-7)6-9-4-8(12(15)19)2-3-10(9)14/h2-4,7,16H,5-6H2,1H3,(H2,15,19). The van der Waals surface area contributed by atoms with Crippen LogP contribution in [0.15, 0.2) is 18.2 Å². The fourth-order valence-electron chi connectivity index (χ4n) is 1.97. The number of benzene rings is 1. The van der Waals surface area contributed by atoms with Crippen LogP contribution in [-0.2, 0) is 16.1 Å². The second-order valence-corrected chi connectivity index (χ2v) is 4.59. The van der Waals surface area contributed by atoms with Gasteiger partial charge in [0.15, 0.2) is 0 Å². The van der Waals surface area contributed by atoms with Crippen LogP contribution in [0.2, 0.25) is 0 Å². The third-order valence-corrected chi connectivity index (χ3v) is 3.16. The Hall–Kier alpha value is -2.28. The topological polar surface area (TPSA) is 92.5 Å². The molecule has 3 amide bonds. The molecule has 20 heavy (non-hydrogen) atoms. The highest BCUT2D eigenvalue weighted by molar-refractivity contribution is 6.01. The van der Waals surface area contributed by atoms with Crippen molar-refractivity contribution >= 4 is 17.7 Å². The first-order valence-electron chi connectivity index (χ1n) is 6.06. The molecule has 3 N–H and O–H groups in total. The summed E-state index contributed by atoms with van der Waals surface area (Å²) in [4.78, 5) is 35.7. The van der Waals surface area contributed by atoms with Crippen LogP contribution in [0.4, 0.5) is 4.39 Å². The molecule has 1 unspecified atom stereocenters. The number of amides is 3. The molecule has 0 radical (unpaired) electrons. The first-order chi connectivity index (χ1) is 9.40. The van der Waals surface area contributed by atoms with Crippen LogP contribution in [0.25, 0.3) is 0 Å². The van der Waals surface area contributed by atoms with Crippen LogP contribution in [-0.4, -0.2) is 35.2 Å². The monoisotopic (exact) mass is 279 g/mol. The molecule has 1 aromatic carbocycles. The van der Waals surface area contributed by atoms with Gasteiger partial charge in [-0.2, -0.15) is 0 Å². The summed E-state index contributed by atoms with van der Waals surface area (Å²) in [5.74, 6) is -2.15. The Morgan fingerprint density at radius 2 is 2.20 bits per heavy atom. The molecule has 1 atom stereocenters. The predicted molar refractivity (Wildman–Crippen MR) is 67.9 cm³/mol. The number of nitrogens with two attached hydrogens (primary N) is 1. The average Bonchev–Trinajstić information content (AvgIpc) is 2.41. The quantitative estimate of drug-likeness (QED) is 0.748. The molecule has 106 valence electrons. The maximum Gasteiger partial charge on any atom is 0.248 e. The minimum Gasteiger partial charge on any atom is -0.366 e. The molecule has 1 aliphatic rings. The van der Waals surface area contributed by atoms with Gasteiger partial charge in [-0.1, -0.05) is 0 Å². The lowest BCUT2D eigenvalue weighted by Gasteiger charge is -2.29. The van der Waals surface area contributed by atoms with E-state index < -0.39 is 29.6 Å². The zero-order chi connectivity index (χ0) is 14.9. The van der Waals surface area contributed by atoms with Gasteiger partial charge in [-0.3, -0.25) is 24.6 Å². The zero-order valence-corrected chi connectivity index (χ0v) is 10.9. The highest BCUT2D eigenvalue weighted by Crippen LogP contribution is 2.15. The summed E-state index contributed by atoms with van der Waals surface area (Å²) in [7, 11) is 0. The molecule has 2 rings (SSSR count). The Morgan fingerprint density at radius 3 is 2.85 bits per heavy atom. The van der Waals surface area contributed by atoms with Gasteiger partial charge in [0.2, 0.25) is 17.7 Å². The van der Waals surface area contributed by atoms with Gasteiger partial charge in [-0.15, -0.1) is 0 Å². The van der Waals surface area contributed by atoms with Gasteiger partial charge in [-0.25, -0.2) is 4.39 Å². The van der Waals surface area contributed by atoms with Gasteiger partial charge in [0.1, 0.15) is 5.82 Å². The van der Waals surface area contributed by atoms with E-state index in [4.69, 9.17) is 5.73 Å². The Kier molecular flexibility index (Phi) is 3.80. The van der Waals surface area contributed by atoms with Crippen molar-refractivity contribution in [3.63, 3.8) is 0 Å². The summed E-state index contributed by atoms with van der Waals surface area (Å²) in [5, 5.41) is 2.73. The number of nitrogens with one attached hydrogen (secondary N) is 1. The van der Waals surface area contributed by atoms with Crippen molar-refractivity contribution in [3.05, 3.63) is 35.1 Å². The van der Waals surface area contributed by atoms with E-state index in [1.165, 1.54) is 12.1 Å². The number of carbonyl (C=O) groups excluding carboxylic acids is 3. The van der Waals surface area contributed by atoms with Crippen molar-refractivity contribution in [2.75, 3.05) is 6.54 Å². The lowest BCUT2D eigenvalue weighted by molar-refractivity contribution is -0.149. The molecule has 1 aliphatic heterocycles. The van der Waals surface area contributed by atoms with E-state index in [0.29, 0.717) is 0 Å². The molecular formula is C13H14FN3O3. The Bertz CT molecular complexity index is 588. The molecule has 6 nitrogen and oxygen atoms in total. The average molecular weight is 279 g/mol. The maximum atomic E-state index is 13.7. The summed E-state index contributed by atoms with van der Waals surface area (Å²) in [6.45, 7) is 1.43. The van der Waals surface area contributed by atoms with Gasteiger partial charge < -0.3 is 5.73 Å². The van der Waals surface area contributed by atoms with Gasteiger partial charge in [-0.05, 0) is 25.1 Å². The first kappa shape index (κ1) is 14.1. The molecule has 1 aromatic rings. The van der Waals surface area contributed by atoms with E-state index >= 15 is 0 Å². The molecular weight excluding hydrogens is 265 g/mol. The molecule has 0 spiro atoms. The number of rotatable bonds is 3. The van der Waals surface area contributed by atoms with Crippen LogP contribution in [0.3, 0.4) is 0 Å². The largest absolute Gasteiger partial charge is 0.366 e. The normalized spacial score (nSPS) is 19.3. The van der Waals surface area contributed by atoms with E-state index in [1.807, 2.05) is 0 Å². The molecule has 7 heteroatoms.